The molecule has 0 aliphatic carbocycles. The van der Waals surface area contributed by atoms with Crippen molar-refractivity contribution in [1.29, 1.82) is 0 Å². The minimum Gasteiger partial charge on any atom is -0.469 e. The van der Waals surface area contributed by atoms with E-state index in [2.05, 4.69) is 4.98 Å². The number of halogens is 3. The zero-order valence-electron chi connectivity index (χ0n) is 13.0. The summed E-state index contributed by atoms with van der Waals surface area (Å²) >= 11 is 0. The van der Waals surface area contributed by atoms with Crippen LogP contribution in [0.4, 0.5) is 23.7 Å². The second-order valence-corrected chi connectivity index (χ2v) is 6.21. The van der Waals surface area contributed by atoms with Gasteiger partial charge in [-0.15, -0.1) is 0 Å². The van der Waals surface area contributed by atoms with Crippen LogP contribution in [0.2, 0.25) is 0 Å². The number of nitrogen functional groups attached to an aromatic ring is 1. The predicted molar refractivity (Wildman–Crippen MR) is 75.9 cm³/mol. The molecule has 128 valence electrons. The van der Waals surface area contributed by atoms with Crippen LogP contribution in [0, 0.1) is 0 Å². The smallest absolute Gasteiger partial charge is 0.433 e. The van der Waals surface area contributed by atoms with Gasteiger partial charge in [-0.2, -0.15) is 13.2 Å². The molecule has 1 aliphatic rings. The molecule has 2 N–H and O–H groups in total. The van der Waals surface area contributed by atoms with Crippen molar-refractivity contribution in [2.24, 2.45) is 0 Å². The average molecular weight is 333 g/mol. The molecule has 0 bridgehead atoms. The van der Waals surface area contributed by atoms with Crippen LogP contribution in [-0.2, 0) is 10.9 Å². The molecule has 9 heteroatoms. The summed E-state index contributed by atoms with van der Waals surface area (Å²) in [5.74, 6) is -0.284. The van der Waals surface area contributed by atoms with E-state index in [1.54, 1.807) is 20.8 Å². The number of pyridine rings is 1. The number of hydrogen-bond donors (Lipinski definition) is 1. The molecule has 1 aromatic rings. The van der Waals surface area contributed by atoms with E-state index in [-0.39, 0.29) is 24.7 Å². The van der Waals surface area contributed by atoms with Crippen LogP contribution in [0.15, 0.2) is 12.1 Å². The number of carbonyl (C=O) groups excluding carboxylic acids is 1. The van der Waals surface area contributed by atoms with Crippen molar-refractivity contribution in [3.05, 3.63) is 17.8 Å². The summed E-state index contributed by atoms with van der Waals surface area (Å²) in [6, 6.07) is 1.88. The molecule has 1 aliphatic heterocycles. The Kier molecular flexibility index (Phi) is 4.32. The number of hydrogen-bond acceptors (Lipinski definition) is 5. The lowest BCUT2D eigenvalue weighted by atomic mass is 10.1. The second-order valence-electron chi connectivity index (χ2n) is 6.21. The summed E-state index contributed by atoms with van der Waals surface area (Å²) in [4.78, 5) is 16.5. The predicted octanol–water partition coefficient (Wildman–Crippen LogP) is 2.68. The molecule has 6 nitrogen and oxygen atoms in total. The average Bonchev–Trinajstić information content (AvgIpc) is 2.31. The summed E-state index contributed by atoms with van der Waals surface area (Å²) in [6.07, 6.45) is -5.54. The van der Waals surface area contributed by atoms with Crippen molar-refractivity contribution >= 4 is 11.8 Å². The van der Waals surface area contributed by atoms with Gasteiger partial charge in [-0.05, 0) is 32.9 Å². The Balaban J connectivity index is 1.94. The molecular formula is C14H18F3N3O3. The van der Waals surface area contributed by atoms with Gasteiger partial charge in [0.15, 0.2) is 0 Å². The molecule has 23 heavy (non-hydrogen) atoms. The van der Waals surface area contributed by atoms with Crippen molar-refractivity contribution in [3.8, 4) is 5.88 Å². The van der Waals surface area contributed by atoms with Gasteiger partial charge in [-0.25, -0.2) is 9.78 Å². The molecule has 0 atom stereocenters. The lowest BCUT2D eigenvalue weighted by Gasteiger charge is -2.39. The van der Waals surface area contributed by atoms with E-state index >= 15 is 0 Å². The van der Waals surface area contributed by atoms with Crippen molar-refractivity contribution < 1.29 is 27.4 Å². The number of alkyl halides is 3. The van der Waals surface area contributed by atoms with Crippen LogP contribution >= 0.6 is 0 Å². The fourth-order valence-corrected chi connectivity index (χ4v) is 1.85. The van der Waals surface area contributed by atoms with Crippen molar-refractivity contribution in [2.75, 3.05) is 18.8 Å². The lowest BCUT2D eigenvalue weighted by molar-refractivity contribution is -0.141. The molecule has 0 unspecified atom stereocenters. The summed E-state index contributed by atoms with van der Waals surface area (Å²) < 4.78 is 48.4. The maximum Gasteiger partial charge on any atom is 0.433 e. The minimum absolute atomic E-state index is 0.00807. The first-order valence-corrected chi connectivity index (χ1v) is 6.94. The standard InChI is InChI=1S/C14H18F3N3O3/c1-13(2,3)23-12(21)20-6-8(7-20)22-11-9(18)4-5-10(19-11)14(15,16)17/h4-5,8H,6-7,18H2,1-3H3. The highest BCUT2D eigenvalue weighted by molar-refractivity contribution is 5.69. The molecule has 1 fully saturated rings. The van der Waals surface area contributed by atoms with Crippen LogP contribution in [0.25, 0.3) is 0 Å². The molecule has 1 amide bonds. The largest absolute Gasteiger partial charge is 0.469 e. The van der Waals surface area contributed by atoms with Gasteiger partial charge in [-0.3, -0.25) is 0 Å². The zero-order chi connectivity index (χ0) is 17.4. The highest BCUT2D eigenvalue weighted by Crippen LogP contribution is 2.32. The van der Waals surface area contributed by atoms with Gasteiger partial charge in [0, 0.05) is 0 Å². The number of likely N-dealkylation sites (tertiary alicyclic amines) is 1. The summed E-state index contributed by atoms with van der Waals surface area (Å²) in [7, 11) is 0. The summed E-state index contributed by atoms with van der Waals surface area (Å²) in [5, 5.41) is 0. The van der Waals surface area contributed by atoms with Crippen LogP contribution in [-0.4, -0.2) is 40.8 Å². The number of carbonyl (C=O) groups is 1. The van der Waals surface area contributed by atoms with Gasteiger partial charge in [0.25, 0.3) is 0 Å². The highest BCUT2D eigenvalue weighted by Gasteiger charge is 2.37. The van der Waals surface area contributed by atoms with Gasteiger partial charge >= 0.3 is 12.3 Å². The van der Waals surface area contributed by atoms with Crippen molar-refractivity contribution in [2.45, 2.75) is 38.7 Å². The Morgan fingerprint density at radius 2 is 1.91 bits per heavy atom. The Bertz CT molecular complexity index is 593. The number of amides is 1. The van der Waals surface area contributed by atoms with Crippen LogP contribution in [0.5, 0.6) is 5.88 Å². The van der Waals surface area contributed by atoms with Crippen LogP contribution in [0.1, 0.15) is 26.5 Å². The van der Waals surface area contributed by atoms with Gasteiger partial charge in [0.2, 0.25) is 5.88 Å². The maximum atomic E-state index is 12.6. The van der Waals surface area contributed by atoms with E-state index in [9.17, 15) is 18.0 Å². The zero-order valence-corrected chi connectivity index (χ0v) is 13.0. The summed E-state index contributed by atoms with van der Waals surface area (Å²) in [6.45, 7) is 5.63. The van der Waals surface area contributed by atoms with Gasteiger partial charge < -0.3 is 20.1 Å². The normalized spacial score (nSPS) is 16.0. The van der Waals surface area contributed by atoms with E-state index < -0.39 is 29.7 Å². The molecule has 0 spiro atoms. The molecule has 1 saturated heterocycles. The SMILES string of the molecule is CC(C)(C)OC(=O)N1CC(Oc2nc(C(F)(F)F)ccc2N)C1. The second kappa shape index (κ2) is 5.78. The molecule has 0 saturated carbocycles. The number of aromatic nitrogens is 1. The van der Waals surface area contributed by atoms with Crippen molar-refractivity contribution in [3.63, 3.8) is 0 Å². The van der Waals surface area contributed by atoms with Crippen LogP contribution in [0.3, 0.4) is 0 Å². The number of nitrogens with zero attached hydrogens (tertiary/aromatic N) is 2. The fraction of sp³-hybridized carbons (Fsp3) is 0.571. The Morgan fingerprint density at radius 3 is 2.43 bits per heavy atom. The molecule has 0 aromatic carbocycles. The molecule has 2 rings (SSSR count). The fourth-order valence-electron chi connectivity index (χ4n) is 1.85. The first-order valence-electron chi connectivity index (χ1n) is 6.94. The quantitative estimate of drug-likeness (QED) is 0.900. The van der Waals surface area contributed by atoms with E-state index in [0.29, 0.717) is 0 Å². The monoisotopic (exact) mass is 333 g/mol. The first-order chi connectivity index (χ1) is 10.5. The molecule has 2 heterocycles. The Morgan fingerprint density at radius 1 is 1.30 bits per heavy atom. The van der Waals surface area contributed by atoms with Crippen molar-refractivity contribution in [1.82, 2.24) is 9.88 Å². The number of nitrogens with two attached hydrogens (primary N) is 1. The topological polar surface area (TPSA) is 77.7 Å². The highest BCUT2D eigenvalue weighted by atomic mass is 19.4. The third kappa shape index (κ3) is 4.40. The molecular weight excluding hydrogens is 315 g/mol. The molecule has 1 aromatic heterocycles. The number of anilines is 1. The third-order valence-corrected chi connectivity index (χ3v) is 2.96. The number of ether oxygens (including phenoxy) is 2. The van der Waals surface area contributed by atoms with E-state index in [0.717, 1.165) is 12.1 Å². The van der Waals surface area contributed by atoms with Crippen LogP contribution < -0.4 is 10.5 Å². The van der Waals surface area contributed by atoms with E-state index in [1.807, 2.05) is 0 Å². The van der Waals surface area contributed by atoms with E-state index in [4.69, 9.17) is 15.2 Å². The van der Waals surface area contributed by atoms with Gasteiger partial charge in [-0.1, -0.05) is 0 Å². The maximum absolute atomic E-state index is 12.6. The minimum atomic E-state index is -4.58. The Labute approximate surface area is 131 Å². The molecule has 0 radical (unpaired) electrons. The van der Waals surface area contributed by atoms with Gasteiger partial charge in [0.1, 0.15) is 17.4 Å². The first kappa shape index (κ1) is 17.2. The van der Waals surface area contributed by atoms with E-state index in [1.165, 1.54) is 4.90 Å². The number of rotatable bonds is 2. The Hall–Kier alpha value is -2.19. The summed E-state index contributed by atoms with van der Waals surface area (Å²) in [5.41, 5.74) is 3.89. The lowest BCUT2D eigenvalue weighted by Crippen LogP contribution is -2.57. The third-order valence-electron chi connectivity index (χ3n) is 2.96. The van der Waals surface area contributed by atoms with Gasteiger partial charge in [0.05, 0.1) is 18.8 Å².